The van der Waals surface area contributed by atoms with Gasteiger partial charge in [-0.05, 0) is 45.3 Å². The Balaban J connectivity index is 1.80. The van der Waals surface area contributed by atoms with Gasteiger partial charge in [-0.2, -0.15) is 0 Å². The van der Waals surface area contributed by atoms with Crippen LogP contribution in [-0.4, -0.2) is 59.5 Å². The van der Waals surface area contributed by atoms with Gasteiger partial charge < -0.3 is 14.9 Å². The van der Waals surface area contributed by atoms with Crippen molar-refractivity contribution in [2.45, 2.75) is 32.6 Å². The number of aliphatic carboxylic acids is 1. The minimum Gasteiger partial charge on any atom is -0.481 e. The average molecular weight is 268 g/mol. The SMILES string of the molecule is CCN1CCC(C(=O)N2CCC(C(=O)O)CC2)CC1. The molecular weight excluding hydrogens is 244 g/mol. The lowest BCUT2D eigenvalue weighted by molar-refractivity contribution is -0.147. The Morgan fingerprint density at radius 3 is 2.00 bits per heavy atom. The van der Waals surface area contributed by atoms with Crippen molar-refractivity contribution in [3.05, 3.63) is 0 Å². The van der Waals surface area contributed by atoms with Crippen LogP contribution < -0.4 is 0 Å². The number of carboxylic acids is 1. The fourth-order valence-electron chi connectivity index (χ4n) is 3.10. The topological polar surface area (TPSA) is 60.9 Å². The summed E-state index contributed by atoms with van der Waals surface area (Å²) in [5, 5.41) is 8.96. The molecule has 19 heavy (non-hydrogen) atoms. The zero-order valence-electron chi connectivity index (χ0n) is 11.7. The van der Waals surface area contributed by atoms with E-state index in [-0.39, 0.29) is 17.7 Å². The van der Waals surface area contributed by atoms with Crippen LogP contribution in [0.3, 0.4) is 0 Å². The van der Waals surface area contributed by atoms with Gasteiger partial charge in [0.2, 0.25) is 5.91 Å². The summed E-state index contributed by atoms with van der Waals surface area (Å²) in [4.78, 5) is 27.5. The van der Waals surface area contributed by atoms with Crippen LogP contribution in [0.5, 0.6) is 0 Å². The molecule has 1 N–H and O–H groups in total. The van der Waals surface area contributed by atoms with E-state index >= 15 is 0 Å². The van der Waals surface area contributed by atoms with Crippen molar-refractivity contribution in [1.29, 1.82) is 0 Å². The predicted molar refractivity (Wildman–Crippen MR) is 71.8 cm³/mol. The zero-order chi connectivity index (χ0) is 13.8. The Morgan fingerprint density at radius 2 is 1.53 bits per heavy atom. The third-order valence-corrected chi connectivity index (χ3v) is 4.54. The van der Waals surface area contributed by atoms with Crippen molar-refractivity contribution in [1.82, 2.24) is 9.80 Å². The molecule has 108 valence electrons. The lowest BCUT2D eigenvalue weighted by atomic mass is 9.92. The summed E-state index contributed by atoms with van der Waals surface area (Å²) < 4.78 is 0. The molecule has 0 spiro atoms. The van der Waals surface area contributed by atoms with Crippen molar-refractivity contribution in [2.24, 2.45) is 11.8 Å². The Hall–Kier alpha value is -1.10. The second kappa shape index (κ2) is 6.37. The lowest BCUT2D eigenvalue weighted by Crippen LogP contribution is -2.46. The van der Waals surface area contributed by atoms with Gasteiger partial charge in [0.1, 0.15) is 0 Å². The normalized spacial score (nSPS) is 23.5. The zero-order valence-corrected chi connectivity index (χ0v) is 11.7. The number of likely N-dealkylation sites (tertiary alicyclic amines) is 2. The molecule has 2 saturated heterocycles. The van der Waals surface area contributed by atoms with Gasteiger partial charge in [0.15, 0.2) is 0 Å². The number of piperidine rings is 2. The molecule has 0 unspecified atom stereocenters. The van der Waals surface area contributed by atoms with E-state index in [4.69, 9.17) is 5.11 Å². The summed E-state index contributed by atoms with van der Waals surface area (Å²) in [6.07, 6.45) is 3.11. The smallest absolute Gasteiger partial charge is 0.306 e. The maximum absolute atomic E-state index is 12.4. The van der Waals surface area contributed by atoms with Crippen LogP contribution >= 0.6 is 0 Å². The molecule has 0 aliphatic carbocycles. The van der Waals surface area contributed by atoms with Gasteiger partial charge in [-0.1, -0.05) is 6.92 Å². The third kappa shape index (κ3) is 3.47. The van der Waals surface area contributed by atoms with Crippen LogP contribution in [0.25, 0.3) is 0 Å². The molecule has 2 heterocycles. The number of hydrogen-bond donors (Lipinski definition) is 1. The van der Waals surface area contributed by atoms with Gasteiger partial charge in [0.05, 0.1) is 5.92 Å². The second-order valence-electron chi connectivity index (χ2n) is 5.65. The van der Waals surface area contributed by atoms with E-state index in [2.05, 4.69) is 11.8 Å². The minimum atomic E-state index is -0.719. The molecule has 0 atom stereocenters. The van der Waals surface area contributed by atoms with Crippen LogP contribution in [-0.2, 0) is 9.59 Å². The van der Waals surface area contributed by atoms with Crippen LogP contribution in [0.4, 0.5) is 0 Å². The second-order valence-corrected chi connectivity index (χ2v) is 5.65. The van der Waals surface area contributed by atoms with E-state index in [1.807, 2.05) is 4.90 Å². The van der Waals surface area contributed by atoms with Crippen molar-refractivity contribution in [3.63, 3.8) is 0 Å². The maximum Gasteiger partial charge on any atom is 0.306 e. The van der Waals surface area contributed by atoms with Crippen LogP contribution in [0.2, 0.25) is 0 Å². The first-order valence-electron chi connectivity index (χ1n) is 7.35. The molecule has 0 bridgehead atoms. The van der Waals surface area contributed by atoms with Crippen LogP contribution in [0, 0.1) is 11.8 Å². The number of carbonyl (C=O) groups excluding carboxylic acids is 1. The monoisotopic (exact) mass is 268 g/mol. The van der Waals surface area contributed by atoms with E-state index in [1.165, 1.54) is 0 Å². The molecule has 2 rings (SSSR count). The van der Waals surface area contributed by atoms with Gasteiger partial charge in [-0.25, -0.2) is 0 Å². The van der Waals surface area contributed by atoms with Gasteiger partial charge >= 0.3 is 5.97 Å². The summed E-state index contributed by atoms with van der Waals surface area (Å²) in [7, 11) is 0. The summed E-state index contributed by atoms with van der Waals surface area (Å²) in [6, 6.07) is 0. The molecule has 5 nitrogen and oxygen atoms in total. The molecular formula is C14H24N2O3. The van der Waals surface area contributed by atoms with Gasteiger partial charge in [0.25, 0.3) is 0 Å². The van der Waals surface area contributed by atoms with Crippen molar-refractivity contribution >= 4 is 11.9 Å². The molecule has 5 heteroatoms. The van der Waals surface area contributed by atoms with Crippen molar-refractivity contribution in [3.8, 4) is 0 Å². The molecule has 0 aromatic rings. The summed E-state index contributed by atoms with van der Waals surface area (Å²) >= 11 is 0. The highest BCUT2D eigenvalue weighted by atomic mass is 16.4. The summed E-state index contributed by atoms with van der Waals surface area (Å²) in [5.41, 5.74) is 0. The Morgan fingerprint density at radius 1 is 1.00 bits per heavy atom. The predicted octanol–water partition coefficient (Wildman–Crippen LogP) is 1.04. The summed E-state index contributed by atoms with van der Waals surface area (Å²) in [5.74, 6) is -0.571. The molecule has 0 saturated carbocycles. The van der Waals surface area contributed by atoms with Gasteiger partial charge in [-0.3, -0.25) is 9.59 Å². The molecule has 2 fully saturated rings. The highest BCUT2D eigenvalue weighted by Gasteiger charge is 2.32. The lowest BCUT2D eigenvalue weighted by Gasteiger charge is -2.36. The number of nitrogens with zero attached hydrogens (tertiary/aromatic N) is 2. The summed E-state index contributed by atoms with van der Waals surface area (Å²) in [6.45, 7) is 6.47. The molecule has 1 amide bonds. The fraction of sp³-hybridized carbons (Fsp3) is 0.857. The first-order chi connectivity index (χ1) is 9.11. The molecule has 0 radical (unpaired) electrons. The highest BCUT2D eigenvalue weighted by Crippen LogP contribution is 2.23. The van der Waals surface area contributed by atoms with Gasteiger partial charge in [0, 0.05) is 19.0 Å². The van der Waals surface area contributed by atoms with Crippen LogP contribution in [0.15, 0.2) is 0 Å². The molecule has 2 aliphatic heterocycles. The molecule has 0 aromatic carbocycles. The van der Waals surface area contributed by atoms with E-state index in [1.54, 1.807) is 0 Å². The van der Waals surface area contributed by atoms with E-state index in [0.717, 1.165) is 32.5 Å². The highest BCUT2D eigenvalue weighted by molar-refractivity contribution is 5.79. The number of carboxylic acid groups (broad SMARTS) is 1. The fourth-order valence-corrected chi connectivity index (χ4v) is 3.10. The van der Waals surface area contributed by atoms with E-state index in [9.17, 15) is 9.59 Å². The van der Waals surface area contributed by atoms with Crippen molar-refractivity contribution in [2.75, 3.05) is 32.7 Å². The first kappa shape index (κ1) is 14.3. The first-order valence-corrected chi connectivity index (χ1v) is 7.35. The van der Waals surface area contributed by atoms with Gasteiger partial charge in [-0.15, -0.1) is 0 Å². The standard InChI is InChI=1S/C14H24N2O3/c1-2-15-7-3-11(4-8-15)13(17)16-9-5-12(6-10-16)14(18)19/h11-12H,2-10H2,1H3,(H,18,19). The Labute approximate surface area is 114 Å². The Kier molecular flexibility index (Phi) is 4.80. The van der Waals surface area contributed by atoms with Crippen molar-refractivity contribution < 1.29 is 14.7 Å². The number of hydrogen-bond acceptors (Lipinski definition) is 3. The molecule has 0 aromatic heterocycles. The Bertz CT molecular complexity index is 330. The van der Waals surface area contributed by atoms with Crippen LogP contribution in [0.1, 0.15) is 32.6 Å². The average Bonchev–Trinajstić information content (AvgIpc) is 2.46. The number of rotatable bonds is 3. The van der Waals surface area contributed by atoms with E-state index < -0.39 is 5.97 Å². The maximum atomic E-state index is 12.4. The number of carbonyl (C=O) groups is 2. The van der Waals surface area contributed by atoms with E-state index in [0.29, 0.717) is 25.9 Å². The minimum absolute atomic E-state index is 0.157. The quantitative estimate of drug-likeness (QED) is 0.831. The number of amides is 1. The third-order valence-electron chi connectivity index (χ3n) is 4.54. The molecule has 2 aliphatic rings. The largest absolute Gasteiger partial charge is 0.481 e.